The van der Waals surface area contributed by atoms with Crippen molar-refractivity contribution in [1.82, 2.24) is 4.98 Å². The Kier molecular flexibility index (Phi) is 2.71. The summed E-state index contributed by atoms with van der Waals surface area (Å²) in [5.74, 6) is -1.19. The third-order valence-electron chi connectivity index (χ3n) is 3.61. The zero-order chi connectivity index (χ0) is 13.4. The minimum atomic E-state index is -1.11. The molecule has 1 heterocycles. The number of aromatic nitrogens is 1. The van der Waals surface area contributed by atoms with E-state index in [1.807, 2.05) is 6.07 Å². The molecule has 19 heavy (non-hydrogen) atoms. The van der Waals surface area contributed by atoms with E-state index in [1.165, 1.54) is 11.6 Å². The Morgan fingerprint density at radius 1 is 1.32 bits per heavy atom. The Morgan fingerprint density at radius 3 is 2.95 bits per heavy atom. The van der Waals surface area contributed by atoms with E-state index < -0.39 is 5.97 Å². The molecule has 1 atom stereocenters. The van der Waals surface area contributed by atoms with Gasteiger partial charge < -0.3 is 10.2 Å². The maximum absolute atomic E-state index is 11.1. The molecule has 0 aliphatic heterocycles. The van der Waals surface area contributed by atoms with Gasteiger partial charge in [-0.2, -0.15) is 0 Å². The summed E-state index contributed by atoms with van der Waals surface area (Å²) < 4.78 is 0. The number of aromatic carboxylic acids is 1. The van der Waals surface area contributed by atoms with E-state index in [4.69, 9.17) is 5.11 Å². The quantitative estimate of drug-likeness (QED) is 0.865. The summed E-state index contributed by atoms with van der Waals surface area (Å²) in [7, 11) is 0. The zero-order valence-corrected chi connectivity index (χ0v) is 10.2. The number of rotatable bonds is 2. The molecule has 2 aromatic rings. The van der Waals surface area contributed by atoms with Gasteiger partial charge in [-0.15, -0.1) is 0 Å². The van der Waals surface area contributed by atoms with Gasteiger partial charge in [-0.3, -0.25) is 4.98 Å². The second-order valence-corrected chi connectivity index (χ2v) is 4.72. The van der Waals surface area contributed by atoms with Crippen LogP contribution in [0.25, 0.3) is 0 Å². The number of fused-ring (bicyclic) bond motifs is 1. The number of carboxylic acid groups (broad SMARTS) is 1. The molecule has 0 bridgehead atoms. The summed E-state index contributed by atoms with van der Waals surface area (Å²) in [6.45, 7) is 0. The van der Waals surface area contributed by atoms with Gasteiger partial charge >= 0.3 is 5.97 Å². The van der Waals surface area contributed by atoms with Gasteiger partial charge in [0.15, 0.2) is 0 Å². The molecule has 0 amide bonds. The van der Waals surface area contributed by atoms with Crippen molar-refractivity contribution >= 4 is 5.97 Å². The molecule has 0 saturated heterocycles. The van der Waals surface area contributed by atoms with E-state index in [1.54, 1.807) is 18.3 Å². The van der Waals surface area contributed by atoms with Crippen molar-refractivity contribution in [2.24, 2.45) is 0 Å². The second-order valence-electron chi connectivity index (χ2n) is 4.72. The van der Waals surface area contributed by atoms with Gasteiger partial charge in [0.25, 0.3) is 0 Å². The highest BCUT2D eigenvalue weighted by molar-refractivity contribution is 5.91. The summed E-state index contributed by atoms with van der Waals surface area (Å²) in [5.41, 5.74) is 3.08. The van der Waals surface area contributed by atoms with Crippen LogP contribution in [0.3, 0.4) is 0 Å². The van der Waals surface area contributed by atoms with E-state index >= 15 is 0 Å². The van der Waals surface area contributed by atoms with Gasteiger partial charge in [0.2, 0.25) is 0 Å². The Bertz CT molecular complexity index is 652. The summed E-state index contributed by atoms with van der Waals surface area (Å²) in [6, 6.07) is 8.74. The van der Waals surface area contributed by atoms with Crippen molar-refractivity contribution in [3.05, 3.63) is 58.9 Å². The van der Waals surface area contributed by atoms with Crippen LogP contribution in [0.5, 0.6) is 5.75 Å². The molecule has 1 aliphatic rings. The number of hydrogen-bond acceptors (Lipinski definition) is 3. The van der Waals surface area contributed by atoms with Crippen LogP contribution in [0.2, 0.25) is 0 Å². The number of nitrogens with zero attached hydrogens (tertiary/aromatic N) is 1. The average molecular weight is 255 g/mol. The maximum Gasteiger partial charge on any atom is 0.339 e. The molecule has 1 unspecified atom stereocenters. The van der Waals surface area contributed by atoms with Crippen molar-refractivity contribution in [2.45, 2.75) is 18.8 Å². The number of carboxylic acids is 1. The standard InChI is InChI=1S/C15H13NO3/c17-13-6-4-10(8-12(13)15(18)19)11-5-3-9-2-1-7-16-14(9)11/h1-2,4,6-8,11,17H,3,5H2,(H,18,19). The second kappa shape index (κ2) is 4.39. The van der Waals surface area contributed by atoms with E-state index in [9.17, 15) is 9.90 Å². The monoisotopic (exact) mass is 255 g/mol. The van der Waals surface area contributed by atoms with E-state index in [2.05, 4.69) is 11.1 Å². The van der Waals surface area contributed by atoms with Crippen molar-refractivity contribution < 1.29 is 15.0 Å². The fourth-order valence-corrected chi connectivity index (χ4v) is 2.68. The average Bonchev–Trinajstić information content (AvgIpc) is 2.83. The first kappa shape index (κ1) is 11.7. The Hall–Kier alpha value is -2.36. The lowest BCUT2D eigenvalue weighted by Gasteiger charge is -2.12. The molecule has 4 nitrogen and oxygen atoms in total. The molecule has 3 rings (SSSR count). The zero-order valence-electron chi connectivity index (χ0n) is 10.2. The van der Waals surface area contributed by atoms with Gasteiger partial charge in [0.1, 0.15) is 11.3 Å². The third-order valence-corrected chi connectivity index (χ3v) is 3.61. The molecule has 4 heteroatoms. The van der Waals surface area contributed by atoms with Gasteiger partial charge in [0, 0.05) is 12.1 Å². The van der Waals surface area contributed by atoms with Crippen LogP contribution in [-0.2, 0) is 6.42 Å². The first-order valence-corrected chi connectivity index (χ1v) is 6.17. The summed E-state index contributed by atoms with van der Waals surface area (Å²) in [5, 5.41) is 18.6. The number of aryl methyl sites for hydroxylation is 1. The van der Waals surface area contributed by atoms with Gasteiger partial charge in [0.05, 0.1) is 5.69 Å². The highest BCUT2D eigenvalue weighted by atomic mass is 16.4. The summed E-state index contributed by atoms with van der Waals surface area (Å²) in [4.78, 5) is 15.5. The number of pyridine rings is 1. The molecular weight excluding hydrogens is 242 g/mol. The van der Waals surface area contributed by atoms with Crippen molar-refractivity contribution in [3.8, 4) is 5.75 Å². The number of carbonyl (C=O) groups is 1. The van der Waals surface area contributed by atoms with Crippen LogP contribution in [0.15, 0.2) is 36.5 Å². The van der Waals surface area contributed by atoms with Gasteiger partial charge in [-0.05, 0) is 42.2 Å². The predicted octanol–water partition coefficient (Wildman–Crippen LogP) is 2.56. The van der Waals surface area contributed by atoms with Crippen molar-refractivity contribution in [1.29, 1.82) is 0 Å². The third kappa shape index (κ3) is 1.95. The van der Waals surface area contributed by atoms with E-state index in [0.29, 0.717) is 0 Å². The van der Waals surface area contributed by atoms with Crippen molar-refractivity contribution in [3.63, 3.8) is 0 Å². The lowest BCUT2D eigenvalue weighted by molar-refractivity contribution is 0.0693. The molecule has 2 N–H and O–H groups in total. The molecule has 0 saturated carbocycles. The maximum atomic E-state index is 11.1. The Balaban J connectivity index is 2.05. The molecule has 0 radical (unpaired) electrons. The molecule has 1 aromatic carbocycles. The van der Waals surface area contributed by atoms with Crippen LogP contribution in [0.4, 0.5) is 0 Å². The highest BCUT2D eigenvalue weighted by Crippen LogP contribution is 2.37. The molecule has 96 valence electrons. The first-order valence-electron chi connectivity index (χ1n) is 6.17. The Morgan fingerprint density at radius 2 is 2.16 bits per heavy atom. The van der Waals surface area contributed by atoms with Crippen LogP contribution in [0.1, 0.15) is 39.5 Å². The summed E-state index contributed by atoms with van der Waals surface area (Å²) >= 11 is 0. The lowest BCUT2D eigenvalue weighted by Crippen LogP contribution is -2.03. The topological polar surface area (TPSA) is 70.4 Å². The number of benzene rings is 1. The molecule has 0 spiro atoms. The van der Waals surface area contributed by atoms with Crippen LogP contribution in [-0.4, -0.2) is 21.2 Å². The van der Waals surface area contributed by atoms with Gasteiger partial charge in [-0.25, -0.2) is 4.79 Å². The summed E-state index contributed by atoms with van der Waals surface area (Å²) in [6.07, 6.45) is 3.64. The van der Waals surface area contributed by atoms with Crippen molar-refractivity contribution in [2.75, 3.05) is 0 Å². The fourth-order valence-electron chi connectivity index (χ4n) is 2.68. The molecular formula is C15H13NO3. The van der Waals surface area contributed by atoms with Crippen LogP contribution < -0.4 is 0 Å². The normalized spacial score (nSPS) is 17.2. The molecule has 1 aliphatic carbocycles. The number of aromatic hydroxyl groups is 1. The fraction of sp³-hybridized carbons (Fsp3) is 0.200. The SMILES string of the molecule is O=C(O)c1cc(C2CCc3cccnc32)ccc1O. The first-order chi connectivity index (χ1) is 9.16. The predicted molar refractivity (Wildman–Crippen MR) is 69.5 cm³/mol. The van der Waals surface area contributed by atoms with E-state index in [0.717, 1.165) is 24.1 Å². The molecule has 0 fully saturated rings. The largest absolute Gasteiger partial charge is 0.507 e. The van der Waals surface area contributed by atoms with Gasteiger partial charge in [-0.1, -0.05) is 12.1 Å². The minimum Gasteiger partial charge on any atom is -0.507 e. The highest BCUT2D eigenvalue weighted by Gasteiger charge is 2.26. The van der Waals surface area contributed by atoms with Crippen LogP contribution >= 0.6 is 0 Å². The van der Waals surface area contributed by atoms with E-state index in [-0.39, 0.29) is 17.2 Å². The Labute approximate surface area is 110 Å². The number of hydrogen-bond donors (Lipinski definition) is 2. The number of phenols is 1. The minimum absolute atomic E-state index is 0.0538. The molecule has 1 aromatic heterocycles. The smallest absolute Gasteiger partial charge is 0.339 e. The lowest BCUT2D eigenvalue weighted by atomic mass is 9.94. The van der Waals surface area contributed by atoms with Crippen LogP contribution in [0, 0.1) is 0 Å².